The monoisotopic (exact) mass is 1680 g/mol. The molecule has 0 aromatic heterocycles. The lowest BCUT2D eigenvalue weighted by Crippen LogP contribution is -2.19. The first kappa shape index (κ1) is 99.0. The van der Waals surface area contributed by atoms with Gasteiger partial charge in [-0.1, -0.05) is 180 Å². The molecule has 6 aromatic carbocycles. The zero-order valence-electron chi connectivity index (χ0n) is 70.9. The Bertz CT molecular complexity index is 3980. The number of primary amides is 2. The number of carbonyl (C=O) groups is 10. The molecule has 0 fully saturated rings. The van der Waals surface area contributed by atoms with Crippen LogP contribution >= 0.6 is 0 Å². The number of benzene rings is 6. The minimum atomic E-state index is -0.997. The van der Waals surface area contributed by atoms with Crippen LogP contribution in [0.3, 0.4) is 0 Å². The molecule has 24 nitrogen and oxygen atoms in total. The van der Waals surface area contributed by atoms with Gasteiger partial charge in [-0.05, 0) is 210 Å². The van der Waals surface area contributed by atoms with E-state index in [1.165, 1.54) is 24.3 Å². The number of aryl methyl sites for hydroxylation is 2. The van der Waals surface area contributed by atoms with Gasteiger partial charge in [0.25, 0.3) is 11.8 Å². The molecule has 0 heterocycles. The van der Waals surface area contributed by atoms with E-state index in [0.29, 0.717) is 75.9 Å². The molecule has 0 radical (unpaired) electrons. The average molecular weight is 1680 g/mol. The summed E-state index contributed by atoms with van der Waals surface area (Å²) >= 11 is 0. The number of ether oxygens (including phenoxy) is 12. The third-order valence-corrected chi connectivity index (χ3v) is 20.0. The number of rotatable bonds is 67. The number of esters is 8. The van der Waals surface area contributed by atoms with Crippen LogP contribution in [-0.4, -0.2) is 112 Å². The Hall–Kier alpha value is -11.8. The summed E-state index contributed by atoms with van der Waals surface area (Å²) in [6, 6.07) is 31.1. The highest BCUT2D eigenvalue weighted by molar-refractivity contribution is 6.01. The lowest BCUT2D eigenvalue weighted by Gasteiger charge is -2.17. The van der Waals surface area contributed by atoms with Crippen molar-refractivity contribution in [1.29, 1.82) is 0 Å². The highest BCUT2D eigenvalue weighted by atomic mass is 16.6. The summed E-state index contributed by atoms with van der Waals surface area (Å²) in [6.07, 6.45) is 36.6. The second-order valence-corrected chi connectivity index (χ2v) is 29.7. The van der Waals surface area contributed by atoms with E-state index in [-0.39, 0.29) is 93.2 Å². The fourth-order valence-electron chi connectivity index (χ4n) is 13.2. The maximum absolute atomic E-state index is 14.2. The summed E-state index contributed by atoms with van der Waals surface area (Å²) < 4.78 is 68.3. The van der Waals surface area contributed by atoms with E-state index in [1.807, 2.05) is 0 Å². The van der Waals surface area contributed by atoms with Crippen LogP contribution in [-0.2, 0) is 51.0 Å². The second-order valence-electron chi connectivity index (χ2n) is 29.7. The number of unbranched alkanes of at least 4 members (excludes halogenated alkanes) is 29. The van der Waals surface area contributed by atoms with Crippen LogP contribution in [0, 0.1) is 0 Å². The van der Waals surface area contributed by atoms with Crippen molar-refractivity contribution in [2.24, 2.45) is 11.5 Å². The first-order chi connectivity index (χ1) is 59.4. The van der Waals surface area contributed by atoms with Crippen molar-refractivity contribution in [1.82, 2.24) is 0 Å². The lowest BCUT2D eigenvalue weighted by atomic mass is 9.98. The Labute approximate surface area is 718 Å². The number of hydrogen-bond donors (Lipinski definition) is 2. The van der Waals surface area contributed by atoms with Crippen molar-refractivity contribution in [3.63, 3.8) is 0 Å². The van der Waals surface area contributed by atoms with Crippen LogP contribution in [0.15, 0.2) is 172 Å². The summed E-state index contributed by atoms with van der Waals surface area (Å²) in [7, 11) is 0. The highest BCUT2D eigenvalue weighted by Gasteiger charge is 2.26. The molecule has 0 atom stereocenters. The van der Waals surface area contributed by atoms with Gasteiger partial charge in [0, 0.05) is 24.3 Å². The lowest BCUT2D eigenvalue weighted by molar-refractivity contribution is -0.138. The Kier molecular flexibility index (Phi) is 48.5. The highest BCUT2D eigenvalue weighted by Crippen LogP contribution is 2.36. The summed E-state index contributed by atoms with van der Waals surface area (Å²) in [5.74, 6) is -5.22. The number of hydrogen-bond acceptors (Lipinski definition) is 22. The first-order valence-corrected chi connectivity index (χ1v) is 43.3. The van der Waals surface area contributed by atoms with Crippen molar-refractivity contribution in [2.75, 3.05) is 52.9 Å². The van der Waals surface area contributed by atoms with Crippen molar-refractivity contribution in [3.05, 3.63) is 216 Å². The molecule has 24 heteroatoms. The number of carbonyl (C=O) groups excluding carboxylic acids is 10. The fraction of sp³-hybridized carbons (Fsp3) is 0.449. The van der Waals surface area contributed by atoms with E-state index in [2.05, 4.69) is 26.3 Å². The van der Waals surface area contributed by atoms with Gasteiger partial charge in [0.05, 0.1) is 86.2 Å². The molecule has 6 rings (SSSR count). The van der Waals surface area contributed by atoms with Gasteiger partial charge in [0.2, 0.25) is 0 Å². The maximum Gasteiger partial charge on any atom is 0.343 e. The van der Waals surface area contributed by atoms with Gasteiger partial charge < -0.3 is 68.3 Å². The normalized spacial score (nSPS) is 10.8. The quantitative estimate of drug-likeness (QED) is 0.0118. The summed E-state index contributed by atoms with van der Waals surface area (Å²) in [5.41, 5.74) is 12.7. The zero-order valence-corrected chi connectivity index (χ0v) is 70.9. The van der Waals surface area contributed by atoms with Gasteiger partial charge in [-0.25, -0.2) is 38.4 Å². The Balaban J connectivity index is 1.16. The van der Waals surface area contributed by atoms with Gasteiger partial charge in [-0.15, -0.1) is 0 Å². The standard InChI is InChI=1S/C98H124N2O22/c1-5-87(101)115-65-39-29-21-13-9-17-25-35-61-111-79-53-45-73(46-54-79)95(107)119-83-69-77(91(85(71-83)93(99)105)121-97(109)75-49-57-81(58-50-75)113-63-37-27-19-11-15-23-31-41-67-117-89(103)7-3)43-33-34-44-78-70-84(120-96(108)74-47-55-80(56-48-74)112-62-36-26-18-10-14-22-30-40-66-116-88(102)6-2)72-86(94(100)106)92(78)122-98(110)76-51-59-82(60-52-76)114-64-38-28-20-12-16-24-32-42-68-118-90(104)8-4/h5-8,45-60,69-72H,1-4,9-44,61-68H2,(H2,99,105)(H2,100,106). The Morgan fingerprint density at radius 2 is 0.434 bits per heavy atom. The predicted molar refractivity (Wildman–Crippen MR) is 467 cm³/mol. The number of amides is 2. The van der Waals surface area contributed by atoms with Crippen molar-refractivity contribution < 1.29 is 105 Å². The van der Waals surface area contributed by atoms with Gasteiger partial charge in [0.15, 0.2) is 0 Å². The van der Waals surface area contributed by atoms with Crippen LogP contribution in [0.25, 0.3) is 0 Å². The van der Waals surface area contributed by atoms with Crippen LogP contribution in [0.4, 0.5) is 0 Å². The van der Waals surface area contributed by atoms with Crippen molar-refractivity contribution >= 4 is 59.6 Å². The molecule has 2 amide bonds. The first-order valence-electron chi connectivity index (χ1n) is 43.3. The van der Waals surface area contributed by atoms with E-state index < -0.39 is 59.6 Å². The van der Waals surface area contributed by atoms with Crippen LogP contribution < -0.4 is 49.4 Å². The zero-order chi connectivity index (χ0) is 87.6. The molecule has 0 aliphatic rings. The molecule has 6 aromatic rings. The largest absolute Gasteiger partial charge is 0.494 e. The predicted octanol–water partition coefficient (Wildman–Crippen LogP) is 20.2. The molecule has 0 bridgehead atoms. The van der Waals surface area contributed by atoms with Crippen LogP contribution in [0.5, 0.6) is 46.0 Å². The maximum atomic E-state index is 14.2. The van der Waals surface area contributed by atoms with E-state index in [0.717, 1.165) is 230 Å². The molecule has 0 aliphatic heterocycles. The molecule has 658 valence electrons. The van der Waals surface area contributed by atoms with Crippen molar-refractivity contribution in [3.8, 4) is 46.0 Å². The van der Waals surface area contributed by atoms with Gasteiger partial charge in [-0.3, -0.25) is 9.59 Å². The fourth-order valence-corrected chi connectivity index (χ4v) is 13.2. The molecular formula is C98H124N2O22. The molecule has 122 heavy (non-hydrogen) atoms. The summed E-state index contributed by atoms with van der Waals surface area (Å²) in [4.78, 5) is 129. The molecule has 0 spiro atoms. The smallest absolute Gasteiger partial charge is 0.343 e. The average Bonchev–Trinajstić information content (AvgIpc) is 0.802. The van der Waals surface area contributed by atoms with Crippen LogP contribution in [0.2, 0.25) is 0 Å². The molecular weight excluding hydrogens is 1560 g/mol. The van der Waals surface area contributed by atoms with Crippen LogP contribution in [0.1, 0.15) is 292 Å². The molecule has 0 saturated carbocycles. The SMILES string of the molecule is C=CC(=O)OCCCCCCCCCCOc1ccc(C(=O)Oc2cc(CCCCc3cc(OC(=O)c4ccc(OCCCCCCCCCCOC(=O)C=C)cc4)cc(C(N)=O)c3OC(=O)c3ccc(OCCCCCCCCCCOC(=O)C=C)cc3)c(OC(=O)c3ccc(OCCCCCCCCCCOC(=O)C=C)cc3)c(C(N)=O)c2)cc1. The topological polar surface area (TPSA) is 333 Å². The van der Waals surface area contributed by atoms with Gasteiger partial charge >= 0.3 is 47.8 Å². The summed E-state index contributed by atoms with van der Waals surface area (Å²) in [6.45, 7) is 17.1. The van der Waals surface area contributed by atoms with E-state index in [1.54, 1.807) is 97.1 Å². The third kappa shape index (κ3) is 40.5. The third-order valence-electron chi connectivity index (χ3n) is 20.0. The summed E-state index contributed by atoms with van der Waals surface area (Å²) in [5, 5.41) is 0. The number of nitrogens with two attached hydrogens (primary N) is 2. The molecule has 0 saturated heterocycles. The van der Waals surface area contributed by atoms with Gasteiger partial charge in [-0.2, -0.15) is 0 Å². The second kappa shape index (κ2) is 59.8. The molecule has 4 N–H and O–H groups in total. The minimum absolute atomic E-state index is 0.0544. The van der Waals surface area contributed by atoms with E-state index >= 15 is 0 Å². The molecule has 0 aliphatic carbocycles. The Morgan fingerprint density at radius 3 is 0.639 bits per heavy atom. The minimum Gasteiger partial charge on any atom is -0.494 e. The Morgan fingerprint density at radius 1 is 0.238 bits per heavy atom. The molecule has 0 unspecified atom stereocenters. The van der Waals surface area contributed by atoms with E-state index in [9.17, 15) is 47.9 Å². The van der Waals surface area contributed by atoms with E-state index in [4.69, 9.17) is 68.3 Å². The van der Waals surface area contributed by atoms with Crippen molar-refractivity contribution in [2.45, 2.75) is 231 Å². The van der Waals surface area contributed by atoms with Gasteiger partial charge in [0.1, 0.15) is 46.0 Å².